The van der Waals surface area contributed by atoms with Crippen LogP contribution < -0.4 is 4.48 Å². The van der Waals surface area contributed by atoms with Crippen LogP contribution in [0.4, 0.5) is 17.1 Å². The molecule has 0 aliphatic carbocycles. The van der Waals surface area contributed by atoms with Crippen LogP contribution in [0.1, 0.15) is 26.7 Å². The summed E-state index contributed by atoms with van der Waals surface area (Å²) < 4.78 is 0.773. The number of benzene rings is 3. The molecule has 0 saturated carbocycles. The average molecular weight is 316 g/mol. The Balaban J connectivity index is 2.37. The molecular formula is C23H26N+. The first-order valence-electron chi connectivity index (χ1n) is 8.89. The van der Waals surface area contributed by atoms with E-state index in [-0.39, 0.29) is 0 Å². The Morgan fingerprint density at radius 1 is 0.542 bits per heavy atom. The first-order valence-corrected chi connectivity index (χ1v) is 8.89. The Morgan fingerprint density at radius 3 is 1.08 bits per heavy atom. The van der Waals surface area contributed by atoms with Crippen LogP contribution in [0.5, 0.6) is 0 Å². The van der Waals surface area contributed by atoms with Crippen molar-refractivity contribution in [3.63, 3.8) is 0 Å². The van der Waals surface area contributed by atoms with Crippen molar-refractivity contribution in [3.8, 4) is 0 Å². The Bertz CT molecular complexity index is 634. The molecule has 24 heavy (non-hydrogen) atoms. The van der Waals surface area contributed by atoms with Gasteiger partial charge in [-0.05, 0) is 49.2 Å². The predicted molar refractivity (Wildman–Crippen MR) is 105 cm³/mol. The number of rotatable bonds is 6. The molecular weight excluding hydrogens is 290 g/mol. The first-order chi connectivity index (χ1) is 11.8. The van der Waals surface area contributed by atoms with Gasteiger partial charge in [0.25, 0.3) is 0 Å². The molecule has 1 heteroatoms. The zero-order valence-corrected chi connectivity index (χ0v) is 14.6. The zero-order chi connectivity index (χ0) is 16.8. The van der Waals surface area contributed by atoms with Gasteiger partial charge >= 0.3 is 0 Å². The molecule has 0 radical (unpaired) electrons. The highest BCUT2D eigenvalue weighted by molar-refractivity contribution is 5.71. The number of hydrogen-bond acceptors (Lipinski definition) is 0. The van der Waals surface area contributed by atoms with Crippen LogP contribution in [0.3, 0.4) is 0 Å². The molecule has 0 aliphatic rings. The maximum Gasteiger partial charge on any atom is 0.143 e. The lowest BCUT2D eigenvalue weighted by molar-refractivity contribution is 0.359. The average Bonchev–Trinajstić information content (AvgIpc) is 2.68. The molecule has 0 aliphatic heterocycles. The molecule has 0 N–H and O–H groups in total. The van der Waals surface area contributed by atoms with E-state index in [0.29, 0.717) is 6.04 Å². The van der Waals surface area contributed by atoms with Gasteiger partial charge in [0.15, 0.2) is 0 Å². The molecule has 0 amide bonds. The Labute approximate surface area is 145 Å². The smallest absolute Gasteiger partial charge is 0.143 e. The van der Waals surface area contributed by atoms with Crippen LogP contribution in [0.15, 0.2) is 91.0 Å². The largest absolute Gasteiger partial charge is 0.224 e. The summed E-state index contributed by atoms with van der Waals surface area (Å²) >= 11 is 0. The van der Waals surface area contributed by atoms with E-state index in [0.717, 1.165) is 17.3 Å². The van der Waals surface area contributed by atoms with Crippen molar-refractivity contribution >= 4 is 17.1 Å². The van der Waals surface area contributed by atoms with Crippen LogP contribution in [0.25, 0.3) is 0 Å². The summed E-state index contributed by atoms with van der Waals surface area (Å²) in [5.41, 5.74) is 3.97. The van der Waals surface area contributed by atoms with E-state index < -0.39 is 0 Å². The van der Waals surface area contributed by atoms with Crippen molar-refractivity contribution in [1.29, 1.82) is 0 Å². The lowest BCUT2D eigenvalue weighted by atomic mass is 9.99. The molecule has 3 aromatic carbocycles. The minimum Gasteiger partial charge on any atom is -0.224 e. The van der Waals surface area contributed by atoms with Crippen molar-refractivity contribution in [3.05, 3.63) is 91.0 Å². The lowest BCUT2D eigenvalue weighted by Gasteiger charge is -2.43. The molecule has 0 aromatic heterocycles. The molecule has 0 bridgehead atoms. The third-order valence-corrected chi connectivity index (χ3v) is 4.98. The van der Waals surface area contributed by atoms with Crippen LogP contribution in [0.2, 0.25) is 0 Å². The van der Waals surface area contributed by atoms with Gasteiger partial charge in [-0.1, -0.05) is 68.4 Å². The molecule has 0 atom stereocenters. The Hall–Kier alpha value is -2.38. The fourth-order valence-electron chi connectivity index (χ4n) is 3.91. The Morgan fingerprint density at radius 2 is 0.833 bits per heavy atom. The van der Waals surface area contributed by atoms with Crippen molar-refractivity contribution in [1.82, 2.24) is 4.48 Å². The molecule has 0 fully saturated rings. The summed E-state index contributed by atoms with van der Waals surface area (Å²) in [6, 6.07) is 33.2. The van der Waals surface area contributed by atoms with Crippen molar-refractivity contribution in [2.45, 2.75) is 32.7 Å². The normalized spacial score (nSPS) is 11.6. The SMILES string of the molecule is CCC(CC)[N+](c1ccccc1)(c1ccccc1)c1ccccc1. The summed E-state index contributed by atoms with van der Waals surface area (Å²) in [4.78, 5) is 0. The van der Waals surface area contributed by atoms with Crippen molar-refractivity contribution < 1.29 is 0 Å². The molecule has 1 nitrogen and oxygen atoms in total. The van der Waals surface area contributed by atoms with Gasteiger partial charge in [0.1, 0.15) is 23.1 Å². The van der Waals surface area contributed by atoms with Gasteiger partial charge in [-0.2, -0.15) is 0 Å². The van der Waals surface area contributed by atoms with Gasteiger partial charge < -0.3 is 0 Å². The lowest BCUT2D eigenvalue weighted by Crippen LogP contribution is -2.47. The molecule has 3 rings (SSSR count). The van der Waals surface area contributed by atoms with Gasteiger partial charge in [0.2, 0.25) is 0 Å². The van der Waals surface area contributed by atoms with Gasteiger partial charge in [-0.25, -0.2) is 4.48 Å². The second-order valence-electron chi connectivity index (χ2n) is 6.20. The van der Waals surface area contributed by atoms with Crippen molar-refractivity contribution in [2.75, 3.05) is 0 Å². The second kappa shape index (κ2) is 7.46. The summed E-state index contributed by atoms with van der Waals surface area (Å²) in [7, 11) is 0. The zero-order valence-electron chi connectivity index (χ0n) is 14.6. The number of nitrogens with zero attached hydrogens (tertiary/aromatic N) is 1. The van der Waals surface area contributed by atoms with E-state index in [4.69, 9.17) is 0 Å². The van der Waals surface area contributed by atoms with Crippen molar-refractivity contribution in [2.24, 2.45) is 0 Å². The van der Waals surface area contributed by atoms with E-state index >= 15 is 0 Å². The predicted octanol–water partition coefficient (Wildman–Crippen LogP) is 6.85. The minimum atomic E-state index is 0.484. The quantitative estimate of drug-likeness (QED) is 0.436. The number of hydrogen-bond donors (Lipinski definition) is 0. The van der Waals surface area contributed by atoms with Crippen LogP contribution in [-0.4, -0.2) is 6.04 Å². The summed E-state index contributed by atoms with van der Waals surface area (Å²) in [6.07, 6.45) is 2.24. The van der Waals surface area contributed by atoms with E-state index in [2.05, 4.69) is 105 Å². The second-order valence-corrected chi connectivity index (χ2v) is 6.20. The minimum absolute atomic E-state index is 0.484. The fourth-order valence-corrected chi connectivity index (χ4v) is 3.91. The number of quaternary nitrogens is 1. The highest BCUT2D eigenvalue weighted by atomic mass is 15.4. The van der Waals surface area contributed by atoms with E-state index in [1.807, 2.05) is 0 Å². The fraction of sp³-hybridized carbons (Fsp3) is 0.217. The molecule has 0 heterocycles. The molecule has 3 aromatic rings. The molecule has 122 valence electrons. The maximum atomic E-state index is 2.30. The maximum absolute atomic E-state index is 2.30. The summed E-state index contributed by atoms with van der Waals surface area (Å²) in [6.45, 7) is 4.60. The molecule has 0 saturated heterocycles. The summed E-state index contributed by atoms with van der Waals surface area (Å²) in [5.74, 6) is 0. The summed E-state index contributed by atoms with van der Waals surface area (Å²) in [5, 5.41) is 0. The van der Waals surface area contributed by atoms with Gasteiger partial charge in [-0.3, -0.25) is 0 Å². The highest BCUT2D eigenvalue weighted by Gasteiger charge is 2.41. The topological polar surface area (TPSA) is 0 Å². The third kappa shape index (κ3) is 2.76. The monoisotopic (exact) mass is 316 g/mol. The molecule has 0 spiro atoms. The third-order valence-electron chi connectivity index (χ3n) is 4.98. The molecule has 0 unspecified atom stereocenters. The van der Waals surface area contributed by atoms with Crippen LogP contribution >= 0.6 is 0 Å². The first kappa shape index (κ1) is 16.5. The van der Waals surface area contributed by atoms with E-state index in [1.165, 1.54) is 17.1 Å². The van der Waals surface area contributed by atoms with Gasteiger partial charge in [0, 0.05) is 0 Å². The highest BCUT2D eigenvalue weighted by Crippen LogP contribution is 2.47. The Kier molecular flexibility index (Phi) is 5.12. The van der Waals surface area contributed by atoms with Crippen LogP contribution in [-0.2, 0) is 0 Å². The van der Waals surface area contributed by atoms with E-state index in [9.17, 15) is 0 Å². The standard InChI is InChI=1S/C23H26N/c1-3-20(4-2)24(21-14-8-5-9-15-21,22-16-10-6-11-17-22)23-18-12-7-13-19-23/h5-20H,3-4H2,1-2H3/q+1. The van der Waals surface area contributed by atoms with E-state index in [1.54, 1.807) is 0 Å². The van der Waals surface area contributed by atoms with Crippen LogP contribution in [0, 0.1) is 0 Å². The van der Waals surface area contributed by atoms with Gasteiger partial charge in [-0.15, -0.1) is 0 Å². The number of para-hydroxylation sites is 3. The van der Waals surface area contributed by atoms with Gasteiger partial charge in [0.05, 0.1) is 0 Å².